The Morgan fingerprint density at radius 3 is 2.28 bits per heavy atom. The molecule has 0 unspecified atom stereocenters. The van der Waals surface area contributed by atoms with Crippen molar-refractivity contribution in [1.82, 2.24) is 9.47 Å². The van der Waals surface area contributed by atoms with Crippen LogP contribution in [0.2, 0.25) is 0 Å². The normalized spacial score (nSPS) is 15.2. The van der Waals surface area contributed by atoms with E-state index in [9.17, 15) is 4.79 Å². The van der Waals surface area contributed by atoms with Crippen molar-refractivity contribution in [2.24, 2.45) is 0 Å². The summed E-state index contributed by atoms with van der Waals surface area (Å²) < 4.78 is 2.20. The predicted molar refractivity (Wildman–Crippen MR) is 115 cm³/mol. The van der Waals surface area contributed by atoms with Crippen molar-refractivity contribution in [3.05, 3.63) is 120 Å². The number of rotatable bonds is 2. The van der Waals surface area contributed by atoms with Crippen molar-refractivity contribution < 1.29 is 4.79 Å². The quantitative estimate of drug-likeness (QED) is 0.483. The molecule has 1 aromatic heterocycles. The van der Waals surface area contributed by atoms with Crippen molar-refractivity contribution >= 4 is 11.7 Å². The SMILES string of the molecule is O=C(Nc1ccccc1)N1Cc2ccccc2-n2cccc2[C@@H]1c1ccccc1. The maximum Gasteiger partial charge on any atom is 0.322 e. The Kier molecular flexibility index (Phi) is 4.37. The first kappa shape index (κ1) is 17.3. The van der Waals surface area contributed by atoms with Gasteiger partial charge in [0.1, 0.15) is 0 Å². The standard InChI is InChI=1S/C25H21N3O/c29-25(26-21-13-5-2-6-14-21)28-18-20-12-7-8-15-22(20)27-17-9-16-23(27)24(28)19-10-3-1-4-11-19/h1-17,24H,18H2,(H,26,29)/t24-/m0/s1. The summed E-state index contributed by atoms with van der Waals surface area (Å²) >= 11 is 0. The highest BCUT2D eigenvalue weighted by atomic mass is 16.2. The number of nitrogens with one attached hydrogen (secondary N) is 1. The number of anilines is 1. The zero-order valence-electron chi connectivity index (χ0n) is 15.9. The second kappa shape index (κ2) is 7.32. The molecular formula is C25H21N3O. The van der Waals surface area contributed by atoms with Crippen molar-refractivity contribution in [2.45, 2.75) is 12.6 Å². The van der Waals surface area contributed by atoms with Gasteiger partial charge in [-0.3, -0.25) is 0 Å². The minimum Gasteiger partial charge on any atom is -0.318 e. The monoisotopic (exact) mass is 379 g/mol. The first-order valence-electron chi connectivity index (χ1n) is 9.74. The van der Waals surface area contributed by atoms with E-state index in [1.54, 1.807) is 0 Å². The first-order valence-corrected chi connectivity index (χ1v) is 9.74. The van der Waals surface area contributed by atoms with E-state index in [1.807, 2.05) is 71.6 Å². The molecule has 4 heteroatoms. The minimum atomic E-state index is -0.192. The van der Waals surface area contributed by atoms with Crippen molar-refractivity contribution in [3.8, 4) is 5.69 Å². The molecular weight excluding hydrogens is 358 g/mol. The molecule has 4 aromatic rings. The van der Waals surface area contributed by atoms with Gasteiger partial charge in [-0.1, -0.05) is 66.7 Å². The third kappa shape index (κ3) is 3.19. The number of amides is 2. The fraction of sp³-hybridized carbons (Fsp3) is 0.0800. The van der Waals surface area contributed by atoms with Gasteiger partial charge in [0, 0.05) is 17.6 Å². The van der Waals surface area contributed by atoms with Crippen LogP contribution in [0.4, 0.5) is 10.5 Å². The summed E-state index contributed by atoms with van der Waals surface area (Å²) in [5, 5.41) is 3.07. The largest absolute Gasteiger partial charge is 0.322 e. The molecule has 0 aliphatic carbocycles. The van der Waals surface area contributed by atoms with Crippen LogP contribution in [0.15, 0.2) is 103 Å². The Bertz CT molecular complexity index is 1130. The lowest BCUT2D eigenvalue weighted by Crippen LogP contribution is -2.37. The average molecular weight is 379 g/mol. The maximum atomic E-state index is 13.5. The molecule has 29 heavy (non-hydrogen) atoms. The number of hydrogen-bond donors (Lipinski definition) is 1. The Morgan fingerprint density at radius 1 is 0.793 bits per heavy atom. The fourth-order valence-electron chi connectivity index (χ4n) is 4.04. The number of benzene rings is 3. The molecule has 2 heterocycles. The highest BCUT2D eigenvalue weighted by molar-refractivity contribution is 5.90. The molecule has 142 valence electrons. The number of carbonyl (C=O) groups excluding carboxylic acids is 1. The molecule has 4 nitrogen and oxygen atoms in total. The van der Waals surface area contributed by atoms with Crippen LogP contribution in [-0.4, -0.2) is 15.5 Å². The van der Waals surface area contributed by atoms with Gasteiger partial charge in [-0.05, 0) is 41.5 Å². The van der Waals surface area contributed by atoms with Gasteiger partial charge < -0.3 is 14.8 Å². The Morgan fingerprint density at radius 2 is 1.48 bits per heavy atom. The molecule has 0 fully saturated rings. The third-order valence-corrected chi connectivity index (χ3v) is 5.37. The second-order valence-corrected chi connectivity index (χ2v) is 7.17. The number of para-hydroxylation sites is 2. The molecule has 0 bridgehead atoms. The molecule has 1 atom stereocenters. The summed E-state index contributed by atoms with van der Waals surface area (Å²) in [5.41, 5.74) is 5.18. The van der Waals surface area contributed by atoms with Gasteiger partial charge in [-0.25, -0.2) is 4.79 Å². The number of hydrogen-bond acceptors (Lipinski definition) is 1. The minimum absolute atomic E-state index is 0.116. The summed E-state index contributed by atoms with van der Waals surface area (Å²) in [5.74, 6) is 0. The molecule has 0 spiro atoms. The third-order valence-electron chi connectivity index (χ3n) is 5.37. The van der Waals surface area contributed by atoms with Crippen LogP contribution in [0.3, 0.4) is 0 Å². The average Bonchev–Trinajstić information content (AvgIpc) is 3.19. The summed E-state index contributed by atoms with van der Waals surface area (Å²) in [6, 6.07) is 31.9. The smallest absolute Gasteiger partial charge is 0.318 e. The zero-order valence-corrected chi connectivity index (χ0v) is 15.9. The van der Waals surface area contributed by atoms with Gasteiger partial charge in [0.25, 0.3) is 0 Å². The van der Waals surface area contributed by atoms with Gasteiger partial charge in [0.15, 0.2) is 0 Å². The second-order valence-electron chi connectivity index (χ2n) is 7.17. The number of urea groups is 1. The van der Waals surface area contributed by atoms with E-state index in [-0.39, 0.29) is 12.1 Å². The fourth-order valence-corrected chi connectivity index (χ4v) is 4.04. The molecule has 1 aliphatic rings. The molecule has 5 rings (SSSR count). The number of nitrogens with zero attached hydrogens (tertiary/aromatic N) is 2. The van der Waals surface area contributed by atoms with E-state index in [1.165, 1.54) is 0 Å². The van der Waals surface area contributed by atoms with Crippen LogP contribution in [0.5, 0.6) is 0 Å². The molecule has 2 amide bonds. The van der Waals surface area contributed by atoms with E-state index < -0.39 is 0 Å². The van der Waals surface area contributed by atoms with Gasteiger partial charge >= 0.3 is 6.03 Å². The van der Waals surface area contributed by atoms with Crippen LogP contribution >= 0.6 is 0 Å². The number of fused-ring (bicyclic) bond motifs is 3. The van der Waals surface area contributed by atoms with Gasteiger partial charge in [0.2, 0.25) is 0 Å². The van der Waals surface area contributed by atoms with Crippen molar-refractivity contribution in [3.63, 3.8) is 0 Å². The van der Waals surface area contributed by atoms with Crippen molar-refractivity contribution in [1.29, 1.82) is 0 Å². The molecule has 1 aliphatic heterocycles. The van der Waals surface area contributed by atoms with Crippen molar-refractivity contribution in [2.75, 3.05) is 5.32 Å². The van der Waals surface area contributed by atoms with E-state index >= 15 is 0 Å². The topological polar surface area (TPSA) is 37.3 Å². The van der Waals surface area contributed by atoms with E-state index in [4.69, 9.17) is 0 Å². The maximum absolute atomic E-state index is 13.5. The highest BCUT2D eigenvalue weighted by Gasteiger charge is 2.32. The summed E-state index contributed by atoms with van der Waals surface area (Å²) in [6.45, 7) is 0.524. The Hall–Kier alpha value is -3.79. The molecule has 3 aromatic carbocycles. The first-order chi connectivity index (χ1) is 14.3. The van der Waals surface area contributed by atoms with Crippen LogP contribution in [0.1, 0.15) is 22.9 Å². The van der Waals surface area contributed by atoms with Gasteiger partial charge in [0.05, 0.1) is 18.3 Å². The molecule has 0 saturated carbocycles. The number of aromatic nitrogens is 1. The lowest BCUT2D eigenvalue weighted by atomic mass is 10.0. The Balaban J connectivity index is 1.64. The highest BCUT2D eigenvalue weighted by Crippen LogP contribution is 2.36. The molecule has 1 N–H and O–H groups in total. The lowest BCUT2D eigenvalue weighted by Gasteiger charge is -2.31. The van der Waals surface area contributed by atoms with Crippen LogP contribution < -0.4 is 5.32 Å². The van der Waals surface area contributed by atoms with Crippen LogP contribution in [0.25, 0.3) is 5.69 Å². The predicted octanol–water partition coefficient (Wildman–Crippen LogP) is 5.61. The number of carbonyl (C=O) groups is 1. The van der Waals surface area contributed by atoms with Gasteiger partial charge in [-0.2, -0.15) is 0 Å². The molecule has 0 saturated heterocycles. The van der Waals surface area contributed by atoms with E-state index in [0.29, 0.717) is 6.54 Å². The Labute approximate surface area is 170 Å². The summed E-state index contributed by atoms with van der Waals surface area (Å²) in [4.78, 5) is 15.4. The van der Waals surface area contributed by atoms with Crippen LogP contribution in [-0.2, 0) is 6.54 Å². The van der Waals surface area contributed by atoms with E-state index in [0.717, 1.165) is 28.2 Å². The summed E-state index contributed by atoms with van der Waals surface area (Å²) in [7, 11) is 0. The molecule has 0 radical (unpaired) electrons. The summed E-state index contributed by atoms with van der Waals surface area (Å²) in [6.07, 6.45) is 2.07. The van der Waals surface area contributed by atoms with Crippen LogP contribution in [0, 0.1) is 0 Å². The zero-order chi connectivity index (χ0) is 19.6. The van der Waals surface area contributed by atoms with E-state index in [2.05, 4.69) is 46.4 Å². The lowest BCUT2D eigenvalue weighted by molar-refractivity contribution is 0.194. The van der Waals surface area contributed by atoms with Gasteiger partial charge in [-0.15, -0.1) is 0 Å².